The molecule has 0 fully saturated rings. The molecule has 0 aliphatic carbocycles. The van der Waals surface area contributed by atoms with Crippen molar-refractivity contribution in [2.24, 2.45) is 0 Å². The van der Waals surface area contributed by atoms with E-state index in [0.29, 0.717) is 103 Å². The molecule has 0 heterocycles. The first-order valence-corrected chi connectivity index (χ1v) is 16.0. The second kappa shape index (κ2) is 18.8. The monoisotopic (exact) mass is 672 g/mol. The zero-order chi connectivity index (χ0) is 35.9. The summed E-state index contributed by atoms with van der Waals surface area (Å²) in [6.07, 6.45) is 4.95. The maximum absolute atomic E-state index is 13.1. The first-order chi connectivity index (χ1) is 23.4. The highest BCUT2D eigenvalue weighted by molar-refractivity contribution is 5.94. The van der Waals surface area contributed by atoms with E-state index in [1.54, 1.807) is 56.3 Å². The second-order valence-electron chi connectivity index (χ2n) is 11.4. The van der Waals surface area contributed by atoms with Crippen molar-refractivity contribution in [3.8, 4) is 23.0 Å². The topological polar surface area (TPSA) is 124 Å². The molecule has 3 aromatic rings. The number of carbonyl (C=O) groups is 4. The fourth-order valence-electron chi connectivity index (χ4n) is 4.68. The predicted octanol–water partition coefficient (Wildman–Crippen LogP) is 7.44. The molecule has 3 rings (SSSR count). The third-order valence-electron chi connectivity index (χ3n) is 7.46. The van der Waals surface area contributed by atoms with Crippen molar-refractivity contribution < 1.29 is 47.6 Å². The van der Waals surface area contributed by atoms with Crippen molar-refractivity contribution in [1.82, 2.24) is 0 Å². The van der Waals surface area contributed by atoms with E-state index in [-0.39, 0.29) is 0 Å². The molecule has 0 amide bonds. The SMILES string of the molecule is C=CC(=O)OCCCCOc1cc(C)c(C(=O)Oc2ccc(OC(=O)c3cc(C)c(OCCCCOC(=O)C=C)cc3C)c(C)c2)cc1C. The summed E-state index contributed by atoms with van der Waals surface area (Å²) in [7, 11) is 0. The van der Waals surface area contributed by atoms with Crippen LogP contribution in [-0.2, 0) is 19.1 Å². The zero-order valence-corrected chi connectivity index (χ0v) is 28.8. The molecular formula is C39H44O10. The molecule has 0 bridgehead atoms. The van der Waals surface area contributed by atoms with Crippen LogP contribution in [0.4, 0.5) is 0 Å². The molecule has 10 nitrogen and oxygen atoms in total. The van der Waals surface area contributed by atoms with Crippen LogP contribution in [0.25, 0.3) is 0 Å². The Morgan fingerprint density at radius 1 is 0.531 bits per heavy atom. The van der Waals surface area contributed by atoms with Gasteiger partial charge in [-0.1, -0.05) is 13.2 Å². The number of unbranched alkanes of at least 4 members (excludes halogenated alkanes) is 2. The van der Waals surface area contributed by atoms with Gasteiger partial charge >= 0.3 is 23.9 Å². The summed E-state index contributed by atoms with van der Waals surface area (Å²) < 4.78 is 33.1. The van der Waals surface area contributed by atoms with Crippen LogP contribution >= 0.6 is 0 Å². The molecule has 0 aliphatic heterocycles. The third kappa shape index (κ3) is 11.7. The minimum atomic E-state index is -0.523. The molecule has 0 spiro atoms. The van der Waals surface area contributed by atoms with Gasteiger partial charge in [-0.2, -0.15) is 0 Å². The van der Waals surface area contributed by atoms with Crippen LogP contribution in [0.2, 0.25) is 0 Å². The van der Waals surface area contributed by atoms with Gasteiger partial charge in [0.25, 0.3) is 0 Å². The summed E-state index contributed by atoms with van der Waals surface area (Å²) in [4.78, 5) is 48.4. The number of carbonyl (C=O) groups excluding carboxylic acids is 4. The molecule has 3 aromatic carbocycles. The smallest absolute Gasteiger partial charge is 0.343 e. The fourth-order valence-corrected chi connectivity index (χ4v) is 4.68. The Bertz CT molecular complexity index is 1690. The maximum atomic E-state index is 13.1. The lowest BCUT2D eigenvalue weighted by Crippen LogP contribution is -2.13. The lowest BCUT2D eigenvalue weighted by Gasteiger charge is -2.15. The minimum Gasteiger partial charge on any atom is -0.493 e. The van der Waals surface area contributed by atoms with Gasteiger partial charge in [-0.3, -0.25) is 0 Å². The number of benzene rings is 3. The quantitative estimate of drug-likeness (QED) is 0.0583. The van der Waals surface area contributed by atoms with E-state index in [1.165, 1.54) is 0 Å². The Labute approximate surface area is 287 Å². The standard InChI is InChI=1S/C39H44O10/c1-8-36(40)46-18-12-10-16-44-34-23-25(3)31(21-28(34)6)38(42)48-30-14-15-33(27(5)20-30)49-39(43)32-22-29(7)35(24-26(32)4)45-17-11-13-19-47-37(41)9-2/h8-9,14-15,20-24H,1-2,10-13,16-19H2,3-7H3. The van der Waals surface area contributed by atoms with Crippen molar-refractivity contribution in [2.45, 2.75) is 60.3 Å². The van der Waals surface area contributed by atoms with Gasteiger partial charge in [0, 0.05) is 12.2 Å². The summed E-state index contributed by atoms with van der Waals surface area (Å²) in [5.74, 6) is 0.0288. The number of ether oxygens (including phenoxy) is 6. The van der Waals surface area contributed by atoms with Crippen LogP contribution in [0.15, 0.2) is 67.8 Å². The first kappa shape index (κ1) is 38.1. The highest BCUT2D eigenvalue weighted by Crippen LogP contribution is 2.29. The van der Waals surface area contributed by atoms with E-state index in [2.05, 4.69) is 13.2 Å². The third-order valence-corrected chi connectivity index (χ3v) is 7.46. The number of rotatable bonds is 18. The van der Waals surface area contributed by atoms with Gasteiger partial charge in [-0.25, -0.2) is 19.2 Å². The van der Waals surface area contributed by atoms with E-state index in [0.717, 1.165) is 23.3 Å². The predicted molar refractivity (Wildman–Crippen MR) is 185 cm³/mol. The van der Waals surface area contributed by atoms with Gasteiger partial charge < -0.3 is 28.4 Å². The fraction of sp³-hybridized carbons (Fsp3) is 0.333. The lowest BCUT2D eigenvalue weighted by atomic mass is 10.0. The van der Waals surface area contributed by atoms with Gasteiger partial charge in [0.05, 0.1) is 37.6 Å². The van der Waals surface area contributed by atoms with Crippen LogP contribution < -0.4 is 18.9 Å². The molecule has 0 atom stereocenters. The molecule has 0 aliphatic rings. The summed E-state index contributed by atoms with van der Waals surface area (Å²) in [5.41, 5.74) is 4.38. The summed E-state index contributed by atoms with van der Waals surface area (Å²) in [6, 6.07) is 11.9. The van der Waals surface area contributed by atoms with Crippen LogP contribution in [0, 0.1) is 34.6 Å². The Balaban J connectivity index is 1.55. The number of esters is 4. The lowest BCUT2D eigenvalue weighted by molar-refractivity contribution is -0.138. The van der Waals surface area contributed by atoms with E-state index < -0.39 is 23.9 Å². The Hall–Kier alpha value is -5.38. The van der Waals surface area contributed by atoms with Crippen molar-refractivity contribution >= 4 is 23.9 Å². The van der Waals surface area contributed by atoms with Gasteiger partial charge in [-0.15, -0.1) is 0 Å². The van der Waals surface area contributed by atoms with Gasteiger partial charge in [0.1, 0.15) is 23.0 Å². The molecular weight excluding hydrogens is 628 g/mol. The Kier molecular flexibility index (Phi) is 14.6. The normalized spacial score (nSPS) is 10.5. The zero-order valence-electron chi connectivity index (χ0n) is 28.8. The minimum absolute atomic E-state index is 0.297. The highest BCUT2D eigenvalue weighted by atomic mass is 16.5. The molecule has 0 unspecified atom stereocenters. The number of hydrogen-bond donors (Lipinski definition) is 0. The van der Waals surface area contributed by atoms with E-state index in [9.17, 15) is 19.2 Å². The Morgan fingerprint density at radius 3 is 1.41 bits per heavy atom. The summed E-state index contributed by atoms with van der Waals surface area (Å²) in [5, 5.41) is 0. The second-order valence-corrected chi connectivity index (χ2v) is 11.4. The summed E-state index contributed by atoms with van der Waals surface area (Å²) >= 11 is 0. The van der Waals surface area contributed by atoms with Crippen LogP contribution in [0.3, 0.4) is 0 Å². The summed E-state index contributed by atoms with van der Waals surface area (Å²) in [6.45, 7) is 17.3. The largest absolute Gasteiger partial charge is 0.493 e. The van der Waals surface area contributed by atoms with Crippen molar-refractivity contribution in [3.63, 3.8) is 0 Å². The molecule has 10 heteroatoms. The number of hydrogen-bond acceptors (Lipinski definition) is 10. The molecule has 0 saturated heterocycles. The van der Waals surface area contributed by atoms with Crippen molar-refractivity contribution in [2.75, 3.05) is 26.4 Å². The molecule has 260 valence electrons. The van der Waals surface area contributed by atoms with Crippen LogP contribution in [0.1, 0.15) is 74.2 Å². The molecule has 0 N–H and O–H groups in total. The molecule has 0 radical (unpaired) electrons. The van der Waals surface area contributed by atoms with Crippen molar-refractivity contribution in [1.29, 1.82) is 0 Å². The average Bonchev–Trinajstić information content (AvgIpc) is 3.07. The van der Waals surface area contributed by atoms with E-state index in [4.69, 9.17) is 28.4 Å². The van der Waals surface area contributed by atoms with E-state index >= 15 is 0 Å². The van der Waals surface area contributed by atoms with Crippen molar-refractivity contribution in [3.05, 3.63) is 107 Å². The van der Waals surface area contributed by atoms with Gasteiger partial charge in [0.15, 0.2) is 0 Å². The van der Waals surface area contributed by atoms with Crippen LogP contribution in [-0.4, -0.2) is 50.3 Å². The highest BCUT2D eigenvalue weighted by Gasteiger charge is 2.18. The van der Waals surface area contributed by atoms with Gasteiger partial charge in [-0.05, 0) is 131 Å². The average molecular weight is 673 g/mol. The Morgan fingerprint density at radius 2 is 0.959 bits per heavy atom. The van der Waals surface area contributed by atoms with E-state index in [1.807, 2.05) is 20.8 Å². The first-order valence-electron chi connectivity index (χ1n) is 16.0. The molecule has 0 saturated carbocycles. The number of aryl methyl sites for hydroxylation is 5. The maximum Gasteiger partial charge on any atom is 0.343 e. The molecule has 49 heavy (non-hydrogen) atoms. The van der Waals surface area contributed by atoms with Gasteiger partial charge in [0.2, 0.25) is 0 Å². The van der Waals surface area contributed by atoms with Crippen LogP contribution in [0.5, 0.6) is 23.0 Å². The molecule has 0 aromatic heterocycles.